The highest BCUT2D eigenvalue weighted by Crippen LogP contribution is 2.16. The van der Waals surface area contributed by atoms with Crippen molar-refractivity contribution in [3.05, 3.63) is 23.3 Å². The Bertz CT molecular complexity index is 453. The molecule has 0 aliphatic carbocycles. The molecule has 0 unspecified atom stereocenters. The van der Waals surface area contributed by atoms with E-state index in [-0.39, 0.29) is 5.91 Å². The highest BCUT2D eigenvalue weighted by Gasteiger charge is 2.17. The molecule has 19 heavy (non-hydrogen) atoms. The number of carbonyl (C=O) groups is 1. The Hall–Kier alpha value is -1.49. The van der Waals surface area contributed by atoms with Crippen LogP contribution >= 0.6 is 0 Å². The fraction of sp³-hybridized carbons (Fsp3) is 0.643. The number of hydrogen-bond donors (Lipinski definition) is 1. The molecule has 0 bridgehead atoms. The van der Waals surface area contributed by atoms with Crippen LogP contribution in [0.1, 0.15) is 34.8 Å². The van der Waals surface area contributed by atoms with E-state index in [9.17, 15) is 4.79 Å². The summed E-state index contributed by atoms with van der Waals surface area (Å²) in [6.07, 6.45) is 3.37. The number of carbonyl (C=O) groups excluding carboxylic acids is 1. The van der Waals surface area contributed by atoms with Crippen molar-refractivity contribution in [2.45, 2.75) is 26.2 Å². The lowest BCUT2D eigenvalue weighted by atomic mass is 9.94. The minimum absolute atomic E-state index is 0.0616. The highest BCUT2D eigenvalue weighted by molar-refractivity contribution is 5.91. The van der Waals surface area contributed by atoms with Gasteiger partial charge in [-0.15, -0.1) is 0 Å². The maximum atomic E-state index is 12.0. The second-order valence-electron chi connectivity index (χ2n) is 5.41. The number of hydrogen-bond acceptors (Lipinski definition) is 4. The molecule has 2 heterocycles. The molecule has 5 heteroatoms. The second kappa shape index (κ2) is 6.10. The standard InChI is InChI=1S/C14H22N4O/c1-10-16-12(7-11-5-4-6-15-9-11)8-13(17-10)14(19)18(2)3/h8,11,15H,4-7,9H2,1-3H3/t11-/m0/s1. The molecule has 1 atom stereocenters. The van der Waals surface area contributed by atoms with Crippen LogP contribution in [0, 0.1) is 12.8 Å². The van der Waals surface area contributed by atoms with Gasteiger partial charge in [0.1, 0.15) is 11.5 Å². The molecule has 0 aromatic carbocycles. The van der Waals surface area contributed by atoms with Crippen LogP contribution in [0.4, 0.5) is 0 Å². The van der Waals surface area contributed by atoms with Gasteiger partial charge in [0.15, 0.2) is 0 Å². The van der Waals surface area contributed by atoms with E-state index in [4.69, 9.17) is 0 Å². The van der Waals surface area contributed by atoms with E-state index in [0.29, 0.717) is 17.4 Å². The molecule has 1 amide bonds. The predicted octanol–water partition coefficient (Wildman–Crippen LogP) is 1.03. The topological polar surface area (TPSA) is 58.1 Å². The molecule has 0 saturated carbocycles. The summed E-state index contributed by atoms with van der Waals surface area (Å²) in [5, 5.41) is 3.41. The van der Waals surface area contributed by atoms with Gasteiger partial charge < -0.3 is 10.2 Å². The van der Waals surface area contributed by atoms with Gasteiger partial charge in [0.2, 0.25) is 0 Å². The van der Waals surface area contributed by atoms with Crippen LogP contribution in [0.5, 0.6) is 0 Å². The fourth-order valence-corrected chi connectivity index (χ4v) is 2.47. The summed E-state index contributed by atoms with van der Waals surface area (Å²) in [6.45, 7) is 4.00. The van der Waals surface area contributed by atoms with Crippen LogP contribution in [0.15, 0.2) is 6.07 Å². The van der Waals surface area contributed by atoms with Crippen LogP contribution in [0.2, 0.25) is 0 Å². The first-order valence-corrected chi connectivity index (χ1v) is 6.83. The minimum Gasteiger partial charge on any atom is -0.343 e. The van der Waals surface area contributed by atoms with E-state index in [0.717, 1.165) is 25.2 Å². The van der Waals surface area contributed by atoms with Gasteiger partial charge in [-0.2, -0.15) is 0 Å². The number of aryl methyl sites for hydroxylation is 1. The van der Waals surface area contributed by atoms with Crippen LogP contribution in [0.25, 0.3) is 0 Å². The van der Waals surface area contributed by atoms with Crippen LogP contribution < -0.4 is 5.32 Å². The zero-order valence-corrected chi connectivity index (χ0v) is 11.9. The molecule has 1 fully saturated rings. The maximum Gasteiger partial charge on any atom is 0.272 e. The molecule has 2 rings (SSSR count). The van der Waals surface area contributed by atoms with Gasteiger partial charge in [-0.1, -0.05) is 0 Å². The summed E-state index contributed by atoms with van der Waals surface area (Å²) in [7, 11) is 3.48. The van der Waals surface area contributed by atoms with Gasteiger partial charge in [-0.05, 0) is 51.3 Å². The summed E-state index contributed by atoms with van der Waals surface area (Å²) in [6, 6.07) is 1.84. The molecular weight excluding hydrogens is 240 g/mol. The van der Waals surface area contributed by atoms with Crippen molar-refractivity contribution in [1.82, 2.24) is 20.2 Å². The van der Waals surface area contributed by atoms with Crippen molar-refractivity contribution in [2.75, 3.05) is 27.2 Å². The first-order valence-electron chi connectivity index (χ1n) is 6.83. The molecule has 1 aromatic rings. The molecule has 1 aliphatic heterocycles. The summed E-state index contributed by atoms with van der Waals surface area (Å²) in [4.78, 5) is 22.2. The van der Waals surface area contributed by atoms with Crippen molar-refractivity contribution in [1.29, 1.82) is 0 Å². The lowest BCUT2D eigenvalue weighted by molar-refractivity contribution is 0.0821. The zero-order valence-electron chi connectivity index (χ0n) is 11.9. The van der Waals surface area contributed by atoms with E-state index in [1.807, 2.05) is 13.0 Å². The molecule has 1 saturated heterocycles. The van der Waals surface area contributed by atoms with E-state index >= 15 is 0 Å². The quantitative estimate of drug-likeness (QED) is 0.884. The third kappa shape index (κ3) is 3.73. The van der Waals surface area contributed by atoms with Crippen molar-refractivity contribution in [3.63, 3.8) is 0 Å². The number of rotatable bonds is 3. The third-order valence-corrected chi connectivity index (χ3v) is 3.41. The number of nitrogens with zero attached hydrogens (tertiary/aromatic N) is 3. The summed E-state index contributed by atoms with van der Waals surface area (Å²) in [5.74, 6) is 1.23. The summed E-state index contributed by atoms with van der Waals surface area (Å²) >= 11 is 0. The monoisotopic (exact) mass is 262 g/mol. The zero-order chi connectivity index (χ0) is 13.8. The highest BCUT2D eigenvalue weighted by atomic mass is 16.2. The van der Waals surface area contributed by atoms with Crippen molar-refractivity contribution < 1.29 is 4.79 Å². The Labute approximate surface area is 114 Å². The first kappa shape index (κ1) is 13.9. The predicted molar refractivity (Wildman–Crippen MR) is 74.1 cm³/mol. The first-order chi connectivity index (χ1) is 9.06. The molecule has 5 nitrogen and oxygen atoms in total. The minimum atomic E-state index is -0.0616. The van der Waals surface area contributed by atoms with Crippen molar-refractivity contribution >= 4 is 5.91 Å². The second-order valence-corrected chi connectivity index (χ2v) is 5.41. The molecule has 0 spiro atoms. The molecular formula is C14H22N4O. The Morgan fingerprint density at radius 3 is 2.89 bits per heavy atom. The van der Waals surface area contributed by atoms with E-state index < -0.39 is 0 Å². The fourth-order valence-electron chi connectivity index (χ4n) is 2.47. The van der Waals surface area contributed by atoms with Gasteiger partial charge in [0, 0.05) is 19.8 Å². The Kier molecular flexibility index (Phi) is 4.47. The van der Waals surface area contributed by atoms with Crippen molar-refractivity contribution in [2.24, 2.45) is 5.92 Å². The lowest BCUT2D eigenvalue weighted by Crippen LogP contribution is -2.31. The SMILES string of the molecule is Cc1nc(C[C@@H]2CCCNC2)cc(C(=O)N(C)C)n1. The molecule has 1 aliphatic rings. The average Bonchev–Trinajstić information content (AvgIpc) is 2.38. The third-order valence-electron chi connectivity index (χ3n) is 3.41. The Morgan fingerprint density at radius 2 is 2.26 bits per heavy atom. The molecule has 0 radical (unpaired) electrons. The summed E-state index contributed by atoms with van der Waals surface area (Å²) < 4.78 is 0. The smallest absolute Gasteiger partial charge is 0.272 e. The maximum absolute atomic E-state index is 12.0. The molecule has 104 valence electrons. The van der Waals surface area contributed by atoms with E-state index in [1.54, 1.807) is 19.0 Å². The van der Waals surface area contributed by atoms with Crippen LogP contribution in [-0.2, 0) is 6.42 Å². The number of amides is 1. The van der Waals surface area contributed by atoms with Gasteiger partial charge >= 0.3 is 0 Å². The van der Waals surface area contributed by atoms with E-state index in [2.05, 4.69) is 15.3 Å². The van der Waals surface area contributed by atoms with Crippen LogP contribution in [0.3, 0.4) is 0 Å². The average molecular weight is 262 g/mol. The Morgan fingerprint density at radius 1 is 1.47 bits per heavy atom. The van der Waals surface area contributed by atoms with Gasteiger partial charge in [-0.3, -0.25) is 4.79 Å². The van der Waals surface area contributed by atoms with Gasteiger partial charge in [0.25, 0.3) is 5.91 Å². The Balaban J connectivity index is 2.14. The van der Waals surface area contributed by atoms with Gasteiger partial charge in [-0.25, -0.2) is 9.97 Å². The normalized spacial score (nSPS) is 19.2. The van der Waals surface area contributed by atoms with Crippen LogP contribution in [-0.4, -0.2) is 48.0 Å². The lowest BCUT2D eigenvalue weighted by Gasteiger charge is -2.22. The number of nitrogens with one attached hydrogen (secondary N) is 1. The number of aromatic nitrogens is 2. The summed E-state index contributed by atoms with van der Waals surface area (Å²) in [5.41, 5.74) is 1.47. The largest absolute Gasteiger partial charge is 0.343 e. The van der Waals surface area contributed by atoms with Gasteiger partial charge in [0.05, 0.1) is 0 Å². The number of piperidine rings is 1. The molecule has 1 N–H and O–H groups in total. The molecule has 1 aromatic heterocycles. The van der Waals surface area contributed by atoms with E-state index in [1.165, 1.54) is 12.8 Å². The van der Waals surface area contributed by atoms with Crippen molar-refractivity contribution in [3.8, 4) is 0 Å².